The zero-order valence-corrected chi connectivity index (χ0v) is 24.7. The summed E-state index contributed by atoms with van der Waals surface area (Å²) in [6.45, 7) is 15.4. The molecule has 2 fully saturated rings. The van der Waals surface area contributed by atoms with Crippen LogP contribution in [0.25, 0.3) is 0 Å². The highest BCUT2D eigenvalue weighted by Crippen LogP contribution is 2.50. The average molecular weight is 536 g/mol. The Kier molecular flexibility index (Phi) is 10.3. The van der Waals surface area contributed by atoms with Gasteiger partial charge in [-0.3, -0.25) is 4.90 Å². The van der Waals surface area contributed by atoms with Gasteiger partial charge in [0.15, 0.2) is 17.8 Å². The number of benzene rings is 1. The number of carbonyl (C=O) groups is 1. The zero-order chi connectivity index (χ0) is 28.2. The largest absolute Gasteiger partial charge is 0.493 e. The van der Waals surface area contributed by atoms with Crippen molar-refractivity contribution in [2.75, 3.05) is 27.4 Å². The van der Waals surface area contributed by atoms with Crippen LogP contribution in [0, 0.1) is 23.7 Å². The first-order valence-corrected chi connectivity index (χ1v) is 14.0. The second-order valence-corrected chi connectivity index (χ2v) is 12.4. The van der Waals surface area contributed by atoms with Crippen LogP contribution >= 0.6 is 0 Å². The molecule has 2 heterocycles. The van der Waals surface area contributed by atoms with Gasteiger partial charge in [0.2, 0.25) is 0 Å². The molecule has 0 saturated carbocycles. The number of likely N-dealkylation sites (tertiary alicyclic amines) is 1. The van der Waals surface area contributed by atoms with E-state index in [4.69, 9.17) is 23.7 Å². The molecule has 3 rings (SSSR count). The minimum atomic E-state index is -0.829. The summed E-state index contributed by atoms with van der Waals surface area (Å²) in [5, 5.41) is 10.7. The van der Waals surface area contributed by atoms with E-state index in [0.717, 1.165) is 18.4 Å². The lowest BCUT2D eigenvalue weighted by atomic mass is 9.83. The van der Waals surface area contributed by atoms with Gasteiger partial charge in [0.1, 0.15) is 5.60 Å². The molecular weight excluding hydrogens is 486 g/mol. The molecule has 0 aliphatic carbocycles. The monoisotopic (exact) mass is 535 g/mol. The third-order valence-electron chi connectivity index (χ3n) is 7.79. The molecule has 1 amide bonds. The molecule has 8 nitrogen and oxygen atoms in total. The number of hydrogen-bond acceptors (Lipinski definition) is 7. The van der Waals surface area contributed by atoms with Gasteiger partial charge < -0.3 is 28.8 Å². The molecule has 1 aromatic carbocycles. The molecule has 1 aromatic rings. The fraction of sp³-hybridized carbons (Fsp3) is 0.767. The topological polar surface area (TPSA) is 86.7 Å². The molecule has 38 heavy (non-hydrogen) atoms. The number of methoxy groups -OCH3 is 2. The van der Waals surface area contributed by atoms with Crippen LogP contribution in [-0.4, -0.2) is 67.6 Å². The molecule has 1 unspecified atom stereocenters. The van der Waals surface area contributed by atoms with Gasteiger partial charge in [0, 0.05) is 26.1 Å². The SMILES string of the molecule is COCCCOc1cc([C@H]2[C@H](C(C)C)C[C@@H]([C@@H]3C[C@@H](C(C)C)C(O)O3)N2C(=O)OC(C)(C)C)ccc1OC. The highest BCUT2D eigenvalue weighted by atomic mass is 16.6. The molecule has 1 N–H and O–H groups in total. The van der Waals surface area contributed by atoms with E-state index in [-0.39, 0.29) is 42.0 Å². The second-order valence-electron chi connectivity index (χ2n) is 12.4. The summed E-state index contributed by atoms with van der Waals surface area (Å²) in [4.78, 5) is 15.7. The molecule has 216 valence electrons. The van der Waals surface area contributed by atoms with Crippen LogP contribution in [0.15, 0.2) is 18.2 Å². The van der Waals surface area contributed by atoms with Crippen LogP contribution in [0.3, 0.4) is 0 Å². The van der Waals surface area contributed by atoms with Crippen molar-refractivity contribution in [1.29, 1.82) is 0 Å². The molecule has 0 radical (unpaired) electrons. The van der Waals surface area contributed by atoms with Gasteiger partial charge in [-0.05, 0) is 69.1 Å². The van der Waals surface area contributed by atoms with Gasteiger partial charge in [-0.1, -0.05) is 33.8 Å². The Morgan fingerprint density at radius 3 is 2.29 bits per heavy atom. The van der Waals surface area contributed by atoms with Crippen molar-refractivity contribution in [3.63, 3.8) is 0 Å². The lowest BCUT2D eigenvalue weighted by Crippen LogP contribution is -2.46. The fourth-order valence-electron chi connectivity index (χ4n) is 5.82. The summed E-state index contributed by atoms with van der Waals surface area (Å²) in [5.41, 5.74) is 0.326. The van der Waals surface area contributed by atoms with E-state index in [9.17, 15) is 9.90 Å². The fourth-order valence-corrected chi connectivity index (χ4v) is 5.82. The van der Waals surface area contributed by atoms with Crippen molar-refractivity contribution in [2.45, 2.75) is 97.8 Å². The highest BCUT2D eigenvalue weighted by molar-refractivity contribution is 5.70. The van der Waals surface area contributed by atoms with E-state index >= 15 is 0 Å². The van der Waals surface area contributed by atoms with Gasteiger partial charge in [-0.2, -0.15) is 0 Å². The van der Waals surface area contributed by atoms with Gasteiger partial charge >= 0.3 is 6.09 Å². The number of rotatable bonds is 10. The first kappa shape index (κ1) is 30.5. The van der Waals surface area contributed by atoms with Crippen molar-refractivity contribution >= 4 is 6.09 Å². The molecule has 2 aliphatic heterocycles. The number of ether oxygens (including phenoxy) is 5. The molecule has 0 bridgehead atoms. The van der Waals surface area contributed by atoms with Gasteiger partial charge in [0.25, 0.3) is 0 Å². The molecule has 8 heteroatoms. The van der Waals surface area contributed by atoms with Crippen LogP contribution in [0.1, 0.15) is 79.3 Å². The van der Waals surface area contributed by atoms with Crippen LogP contribution in [0.4, 0.5) is 4.79 Å². The maximum Gasteiger partial charge on any atom is 0.411 e. The Balaban J connectivity index is 2.02. The van der Waals surface area contributed by atoms with Crippen LogP contribution < -0.4 is 9.47 Å². The van der Waals surface area contributed by atoms with Gasteiger partial charge in [0.05, 0.1) is 31.9 Å². The van der Waals surface area contributed by atoms with E-state index in [2.05, 4.69) is 27.7 Å². The summed E-state index contributed by atoms with van der Waals surface area (Å²) >= 11 is 0. The van der Waals surface area contributed by atoms with E-state index in [1.54, 1.807) is 14.2 Å². The normalized spacial score (nSPS) is 27.8. The third kappa shape index (κ3) is 7.13. The van der Waals surface area contributed by atoms with E-state index in [0.29, 0.717) is 37.1 Å². The van der Waals surface area contributed by atoms with E-state index in [1.807, 2.05) is 43.9 Å². The third-order valence-corrected chi connectivity index (χ3v) is 7.79. The number of carbonyl (C=O) groups excluding carboxylic acids is 1. The summed E-state index contributed by atoms with van der Waals surface area (Å²) in [5.74, 6) is 2.07. The Hall–Kier alpha value is -2.03. The Bertz CT molecular complexity index is 912. The number of nitrogens with zero attached hydrogens (tertiary/aromatic N) is 1. The number of aliphatic hydroxyl groups is 1. The highest BCUT2D eigenvalue weighted by Gasteiger charge is 2.53. The van der Waals surface area contributed by atoms with Crippen molar-refractivity contribution in [2.24, 2.45) is 23.7 Å². The molecule has 2 saturated heterocycles. The van der Waals surface area contributed by atoms with Gasteiger partial charge in [-0.15, -0.1) is 0 Å². The first-order chi connectivity index (χ1) is 17.9. The van der Waals surface area contributed by atoms with Crippen LogP contribution in [0.5, 0.6) is 11.5 Å². The molecule has 6 atom stereocenters. The summed E-state index contributed by atoms with van der Waals surface area (Å²) < 4.78 is 28.9. The average Bonchev–Trinajstić information content (AvgIpc) is 3.42. The molecular formula is C30H49NO7. The lowest BCUT2D eigenvalue weighted by Gasteiger charge is -2.36. The van der Waals surface area contributed by atoms with Gasteiger partial charge in [-0.25, -0.2) is 4.79 Å². The smallest absolute Gasteiger partial charge is 0.411 e. The quantitative estimate of drug-likeness (QED) is 0.378. The maximum absolute atomic E-state index is 13.8. The van der Waals surface area contributed by atoms with Crippen LogP contribution in [-0.2, 0) is 14.2 Å². The Morgan fingerprint density at radius 2 is 1.74 bits per heavy atom. The molecule has 0 aromatic heterocycles. The van der Waals surface area contributed by atoms with E-state index in [1.165, 1.54) is 0 Å². The molecule has 0 spiro atoms. The predicted octanol–water partition coefficient (Wildman–Crippen LogP) is 5.81. The van der Waals surface area contributed by atoms with Crippen molar-refractivity contribution in [1.82, 2.24) is 4.90 Å². The first-order valence-electron chi connectivity index (χ1n) is 14.0. The van der Waals surface area contributed by atoms with Crippen LogP contribution in [0.2, 0.25) is 0 Å². The second kappa shape index (κ2) is 12.9. The number of aliphatic hydroxyl groups excluding tert-OH is 1. The standard InChI is InChI=1S/C30H49NO7/c1-18(2)21-16-23(25-17-22(19(3)4)28(32)37-25)31(29(33)38-30(5,6)7)27(21)20-11-12-24(35-9)26(15-20)36-14-10-13-34-8/h11-12,15,18-19,21-23,25,27-28,32H,10,13-14,16-17H2,1-9H3/t21-,22-,23-,25-,27-,28?/m0/s1. The Labute approximate surface area is 228 Å². The van der Waals surface area contributed by atoms with Crippen molar-refractivity contribution < 1.29 is 33.6 Å². The minimum absolute atomic E-state index is 0.0325. The number of hydrogen-bond donors (Lipinski definition) is 1. The molecule has 2 aliphatic rings. The summed E-state index contributed by atoms with van der Waals surface area (Å²) in [6, 6.07) is 5.47. The summed E-state index contributed by atoms with van der Waals surface area (Å²) in [6.07, 6.45) is 0.771. The Morgan fingerprint density at radius 1 is 1.05 bits per heavy atom. The predicted molar refractivity (Wildman–Crippen MR) is 146 cm³/mol. The lowest BCUT2D eigenvalue weighted by molar-refractivity contribution is -0.127. The van der Waals surface area contributed by atoms with Crippen molar-refractivity contribution in [3.05, 3.63) is 23.8 Å². The minimum Gasteiger partial charge on any atom is -0.493 e. The summed E-state index contributed by atoms with van der Waals surface area (Å²) in [7, 11) is 3.30. The zero-order valence-electron chi connectivity index (χ0n) is 24.7. The van der Waals surface area contributed by atoms with E-state index < -0.39 is 11.9 Å². The van der Waals surface area contributed by atoms with Crippen molar-refractivity contribution in [3.8, 4) is 11.5 Å². The number of amides is 1. The maximum atomic E-state index is 13.8.